The summed E-state index contributed by atoms with van der Waals surface area (Å²) in [5.74, 6) is -0.265. The third-order valence-electron chi connectivity index (χ3n) is 6.72. The van der Waals surface area contributed by atoms with E-state index < -0.39 is 17.2 Å². The van der Waals surface area contributed by atoms with Gasteiger partial charge in [-0.3, -0.25) is 9.59 Å². The van der Waals surface area contributed by atoms with Gasteiger partial charge >= 0.3 is 6.18 Å². The Morgan fingerprint density at radius 2 is 1.94 bits per heavy atom. The van der Waals surface area contributed by atoms with Crippen molar-refractivity contribution in [2.24, 2.45) is 0 Å². The van der Waals surface area contributed by atoms with E-state index >= 15 is 0 Å². The second-order valence-electron chi connectivity index (χ2n) is 9.15. The van der Waals surface area contributed by atoms with Gasteiger partial charge in [0.25, 0.3) is 0 Å². The Morgan fingerprint density at radius 3 is 2.62 bits per heavy atom. The lowest BCUT2D eigenvalue weighted by Crippen LogP contribution is -2.36. The molecule has 1 fully saturated rings. The van der Waals surface area contributed by atoms with Crippen molar-refractivity contribution in [3.05, 3.63) is 64.2 Å². The molecule has 1 saturated heterocycles. The molecule has 1 aliphatic carbocycles. The van der Waals surface area contributed by atoms with Gasteiger partial charge in [0.05, 0.1) is 17.0 Å². The summed E-state index contributed by atoms with van der Waals surface area (Å²) in [7, 11) is 0. The number of rotatable bonds is 3. The van der Waals surface area contributed by atoms with Crippen LogP contribution in [0, 0.1) is 6.92 Å². The van der Waals surface area contributed by atoms with E-state index in [1.807, 2.05) is 18.2 Å². The minimum atomic E-state index is -4.46. The molecule has 0 spiro atoms. The first kappa shape index (κ1) is 22.4. The summed E-state index contributed by atoms with van der Waals surface area (Å²) < 4.78 is 40.0. The standard InChI is InChI=1S/C25H27F3N2O2/c1-15-11-18(14-19(12-15)25(26,27)28)24(3)9-10-30(23(24)32)20-7-8-21-17(13-20)5-4-6-22(21)29-16(2)31/h7-8,11-14,22H,4-6,9-10H2,1-3H3,(H,29,31). The predicted octanol–water partition coefficient (Wildman–Crippen LogP) is 5.22. The Hall–Kier alpha value is -2.83. The van der Waals surface area contributed by atoms with Crippen LogP contribution >= 0.6 is 0 Å². The van der Waals surface area contributed by atoms with E-state index in [9.17, 15) is 22.8 Å². The molecule has 2 aromatic rings. The number of halogens is 3. The van der Waals surface area contributed by atoms with E-state index in [-0.39, 0.29) is 17.9 Å². The number of hydrogen-bond donors (Lipinski definition) is 1. The van der Waals surface area contributed by atoms with Gasteiger partial charge in [0.15, 0.2) is 0 Å². The SMILES string of the molecule is CC(=O)NC1CCCc2cc(N3CCC(C)(c4cc(C)cc(C(F)(F)F)c4)C3=O)ccc21. The number of carbonyl (C=O) groups excluding carboxylic acids is 2. The number of nitrogens with zero attached hydrogens (tertiary/aromatic N) is 1. The van der Waals surface area contributed by atoms with Crippen molar-refractivity contribution < 1.29 is 22.8 Å². The van der Waals surface area contributed by atoms with E-state index in [1.54, 1.807) is 24.8 Å². The lowest BCUT2D eigenvalue weighted by atomic mass is 9.79. The van der Waals surface area contributed by atoms with Crippen LogP contribution in [0.3, 0.4) is 0 Å². The fourth-order valence-corrected chi connectivity index (χ4v) is 4.99. The van der Waals surface area contributed by atoms with Crippen LogP contribution in [0.1, 0.15) is 67.0 Å². The second kappa shape index (κ2) is 7.94. The normalized spacial score (nSPS) is 23.2. The molecule has 2 atom stereocenters. The van der Waals surface area contributed by atoms with Crippen LogP contribution in [0.4, 0.5) is 18.9 Å². The van der Waals surface area contributed by atoms with Gasteiger partial charge < -0.3 is 10.2 Å². The molecule has 0 aromatic heterocycles. The number of carbonyl (C=O) groups is 2. The number of nitrogens with one attached hydrogen (secondary N) is 1. The molecular weight excluding hydrogens is 417 g/mol. The third kappa shape index (κ3) is 4.00. The monoisotopic (exact) mass is 444 g/mol. The first-order valence-electron chi connectivity index (χ1n) is 10.9. The second-order valence-corrected chi connectivity index (χ2v) is 9.15. The van der Waals surface area contributed by atoms with Gasteiger partial charge in [0.1, 0.15) is 0 Å². The fraction of sp³-hybridized carbons (Fsp3) is 0.440. The Labute approximate surface area is 185 Å². The van der Waals surface area contributed by atoms with E-state index in [1.165, 1.54) is 6.92 Å². The fourth-order valence-electron chi connectivity index (χ4n) is 4.99. The molecule has 1 heterocycles. The Morgan fingerprint density at radius 1 is 1.19 bits per heavy atom. The number of aryl methyl sites for hydroxylation is 2. The van der Waals surface area contributed by atoms with Crippen LogP contribution < -0.4 is 10.2 Å². The van der Waals surface area contributed by atoms with Gasteiger partial charge in [-0.05, 0) is 80.5 Å². The van der Waals surface area contributed by atoms with Crippen molar-refractivity contribution in [3.63, 3.8) is 0 Å². The molecular formula is C25H27F3N2O2. The van der Waals surface area contributed by atoms with Crippen LogP contribution in [0.15, 0.2) is 36.4 Å². The number of fused-ring (bicyclic) bond motifs is 1. The average molecular weight is 444 g/mol. The van der Waals surface area contributed by atoms with Crippen LogP contribution in [-0.4, -0.2) is 18.4 Å². The summed E-state index contributed by atoms with van der Waals surface area (Å²) in [6, 6.07) is 9.70. The first-order chi connectivity index (χ1) is 15.0. The highest BCUT2D eigenvalue weighted by Gasteiger charge is 2.46. The van der Waals surface area contributed by atoms with Gasteiger partial charge in [-0.15, -0.1) is 0 Å². The zero-order valence-electron chi connectivity index (χ0n) is 18.5. The van der Waals surface area contributed by atoms with E-state index in [0.29, 0.717) is 24.1 Å². The Bertz CT molecular complexity index is 1080. The molecule has 2 aliphatic rings. The van der Waals surface area contributed by atoms with Gasteiger partial charge in [-0.25, -0.2) is 0 Å². The largest absolute Gasteiger partial charge is 0.416 e. The van der Waals surface area contributed by atoms with Crippen LogP contribution in [0.2, 0.25) is 0 Å². The van der Waals surface area contributed by atoms with Gasteiger partial charge in [-0.2, -0.15) is 13.2 Å². The van der Waals surface area contributed by atoms with Crippen molar-refractivity contribution in [1.82, 2.24) is 5.32 Å². The van der Waals surface area contributed by atoms with Gasteiger partial charge in [0, 0.05) is 19.2 Å². The van der Waals surface area contributed by atoms with Crippen molar-refractivity contribution in [3.8, 4) is 0 Å². The van der Waals surface area contributed by atoms with E-state index in [2.05, 4.69) is 5.32 Å². The predicted molar refractivity (Wildman–Crippen MR) is 116 cm³/mol. The zero-order chi connectivity index (χ0) is 23.3. The van der Waals surface area contributed by atoms with Gasteiger partial charge in [-0.1, -0.05) is 17.7 Å². The summed E-state index contributed by atoms with van der Waals surface area (Å²) in [6.45, 7) is 5.30. The maximum absolute atomic E-state index is 13.5. The first-order valence-corrected chi connectivity index (χ1v) is 10.9. The summed E-state index contributed by atoms with van der Waals surface area (Å²) >= 11 is 0. The van der Waals surface area contributed by atoms with E-state index in [4.69, 9.17) is 0 Å². The number of alkyl halides is 3. The van der Waals surface area contributed by atoms with Crippen molar-refractivity contribution in [1.29, 1.82) is 0 Å². The molecule has 4 nitrogen and oxygen atoms in total. The van der Waals surface area contributed by atoms with Crippen LogP contribution in [0.5, 0.6) is 0 Å². The molecule has 2 aromatic carbocycles. The molecule has 2 unspecified atom stereocenters. The van der Waals surface area contributed by atoms with Gasteiger partial charge in [0.2, 0.25) is 11.8 Å². The Kier molecular flexibility index (Phi) is 5.55. The van der Waals surface area contributed by atoms with Crippen LogP contribution in [0.25, 0.3) is 0 Å². The molecule has 0 bridgehead atoms. The molecule has 1 N–H and O–H groups in total. The highest BCUT2D eigenvalue weighted by Crippen LogP contribution is 2.42. The summed E-state index contributed by atoms with van der Waals surface area (Å²) in [5, 5.41) is 2.98. The number of anilines is 1. The minimum absolute atomic E-state index is 0.0297. The minimum Gasteiger partial charge on any atom is -0.350 e. The third-order valence-corrected chi connectivity index (χ3v) is 6.72. The number of hydrogen-bond acceptors (Lipinski definition) is 2. The molecule has 170 valence electrons. The highest BCUT2D eigenvalue weighted by atomic mass is 19.4. The molecule has 0 saturated carbocycles. The maximum Gasteiger partial charge on any atom is 0.416 e. The molecule has 7 heteroatoms. The van der Waals surface area contributed by atoms with Crippen molar-refractivity contribution >= 4 is 17.5 Å². The van der Waals surface area contributed by atoms with Crippen LogP contribution in [-0.2, 0) is 27.6 Å². The van der Waals surface area contributed by atoms with Crippen molar-refractivity contribution in [2.75, 3.05) is 11.4 Å². The topological polar surface area (TPSA) is 49.4 Å². The Balaban J connectivity index is 1.64. The molecule has 2 amide bonds. The number of benzene rings is 2. The summed E-state index contributed by atoms with van der Waals surface area (Å²) in [5.41, 5.74) is 2.08. The molecule has 4 rings (SSSR count). The quantitative estimate of drug-likeness (QED) is 0.706. The average Bonchev–Trinajstić information content (AvgIpc) is 3.02. The lowest BCUT2D eigenvalue weighted by molar-refractivity contribution is -0.137. The summed E-state index contributed by atoms with van der Waals surface area (Å²) in [4.78, 5) is 26.7. The smallest absolute Gasteiger partial charge is 0.350 e. The molecule has 0 radical (unpaired) electrons. The maximum atomic E-state index is 13.5. The highest BCUT2D eigenvalue weighted by molar-refractivity contribution is 6.03. The van der Waals surface area contributed by atoms with E-state index in [0.717, 1.165) is 48.2 Å². The zero-order valence-corrected chi connectivity index (χ0v) is 18.5. The lowest BCUT2D eigenvalue weighted by Gasteiger charge is -2.29. The summed E-state index contributed by atoms with van der Waals surface area (Å²) in [6.07, 6.45) is -1.33. The molecule has 32 heavy (non-hydrogen) atoms. The number of amides is 2. The van der Waals surface area contributed by atoms with Crippen molar-refractivity contribution in [2.45, 2.75) is 64.1 Å². The molecule has 1 aliphatic heterocycles.